The number of nitrogen functional groups attached to an aromatic ring is 1. The minimum absolute atomic E-state index is 0.456. The van der Waals surface area contributed by atoms with Crippen LogP contribution in [0, 0.1) is 3.57 Å². The zero-order valence-electron chi connectivity index (χ0n) is 27.7. The van der Waals surface area contributed by atoms with E-state index in [4.69, 9.17) is 62.2 Å². The van der Waals surface area contributed by atoms with Crippen molar-refractivity contribution in [2.24, 2.45) is 0 Å². The molecular formula is C36H32BBr3Cl4IN5O2. The summed E-state index contributed by atoms with van der Waals surface area (Å²) >= 11 is 35.0. The van der Waals surface area contributed by atoms with Crippen molar-refractivity contribution in [1.29, 1.82) is 0 Å². The summed E-state index contributed by atoms with van der Waals surface area (Å²) in [5.74, 6) is 0.456. The van der Waals surface area contributed by atoms with E-state index in [9.17, 15) is 0 Å². The molecule has 0 bridgehead atoms. The second kappa shape index (κ2) is 25.3. The summed E-state index contributed by atoms with van der Waals surface area (Å²) in [6.07, 6.45) is 8.50. The molecule has 0 unspecified atom stereocenters. The van der Waals surface area contributed by atoms with E-state index >= 15 is 0 Å². The maximum atomic E-state index is 8.80. The Morgan fingerprint density at radius 2 is 1.19 bits per heavy atom. The number of nitrogens with zero attached hydrogens (tertiary/aromatic N) is 4. The molecule has 0 saturated heterocycles. The van der Waals surface area contributed by atoms with Crippen molar-refractivity contribution in [3.05, 3.63) is 158 Å². The summed E-state index contributed by atoms with van der Waals surface area (Å²) in [5.41, 5.74) is 10.3. The first kappa shape index (κ1) is 46.3. The zero-order chi connectivity index (χ0) is 38.6. The minimum Gasteiger partial charge on any atom is -0.423 e. The van der Waals surface area contributed by atoms with Crippen LogP contribution in [0.2, 0.25) is 20.1 Å². The smallest absolute Gasteiger partial charge is 0.423 e. The summed E-state index contributed by atoms with van der Waals surface area (Å²) in [6, 6.07) is 25.9. The Balaban J connectivity index is 0.000000232. The van der Waals surface area contributed by atoms with E-state index in [2.05, 4.69) is 109 Å². The Morgan fingerprint density at radius 1 is 0.654 bits per heavy atom. The predicted molar refractivity (Wildman–Crippen MR) is 238 cm³/mol. The number of aromatic nitrogens is 4. The van der Waals surface area contributed by atoms with Crippen LogP contribution in [-0.4, -0.2) is 37.1 Å². The molecule has 0 amide bonds. The summed E-state index contributed by atoms with van der Waals surface area (Å²) in [5, 5.41) is 20.4. The molecule has 0 saturated carbocycles. The fourth-order valence-electron chi connectivity index (χ4n) is 3.79. The molecule has 0 aliphatic carbocycles. The first-order valence-corrected chi connectivity index (χ1v) is 20.2. The Kier molecular flexibility index (Phi) is 22.5. The van der Waals surface area contributed by atoms with Gasteiger partial charge in [0, 0.05) is 40.4 Å². The lowest BCUT2D eigenvalue weighted by molar-refractivity contribution is 0.425. The molecule has 4 heterocycles. The molecule has 272 valence electrons. The maximum Gasteiger partial charge on any atom is 0.488 e. The van der Waals surface area contributed by atoms with Gasteiger partial charge in [-0.3, -0.25) is 0 Å². The van der Waals surface area contributed by atoms with Crippen molar-refractivity contribution in [2.75, 3.05) is 5.73 Å². The SMILES string of the molecule is CCc1cccc(-c2c(Cl)ccnc2Br)c1.CCc1cccc(B(O)O)c1.Clc1ccnc(Br)c1.Clc1ccnc(Br)c1I.Nc1cc(Cl)ccn1. The van der Waals surface area contributed by atoms with Crippen LogP contribution in [0.15, 0.2) is 124 Å². The van der Waals surface area contributed by atoms with E-state index in [1.54, 1.807) is 73.3 Å². The maximum absolute atomic E-state index is 8.80. The van der Waals surface area contributed by atoms with Crippen molar-refractivity contribution >= 4 is 135 Å². The lowest BCUT2D eigenvalue weighted by Crippen LogP contribution is -2.29. The standard InChI is InChI=1S/C13H11BrClN.C8H11BO2.C5H2BrClIN.C5H3BrClN.C5H5ClN2/c1-2-9-4-3-5-10(8-9)12-11(15)6-7-16-13(12)14;1-2-7-4-3-5-8(6-7)9(10)11;6-5-4(8)3(7)1-2-9-5;6-5-3-4(7)1-2-8-5;6-4-1-2-8-5(7)3-4/h3-8H,2H2,1H3;3-6,10-11H,2H2,1H3;1-2H;1-3H;1-3H,(H2,7,8). The van der Waals surface area contributed by atoms with E-state index < -0.39 is 7.12 Å². The second-order valence-corrected chi connectivity index (χ2v) is 15.2. The highest BCUT2D eigenvalue weighted by Gasteiger charge is 2.10. The molecule has 0 fully saturated rings. The van der Waals surface area contributed by atoms with E-state index in [0.717, 1.165) is 57.0 Å². The fraction of sp³-hybridized carbons (Fsp3) is 0.111. The van der Waals surface area contributed by atoms with Crippen molar-refractivity contribution in [1.82, 2.24) is 19.9 Å². The van der Waals surface area contributed by atoms with Gasteiger partial charge < -0.3 is 15.8 Å². The van der Waals surface area contributed by atoms with Gasteiger partial charge in [0.2, 0.25) is 0 Å². The third kappa shape index (κ3) is 17.5. The van der Waals surface area contributed by atoms with E-state index in [1.807, 2.05) is 31.2 Å². The lowest BCUT2D eigenvalue weighted by atomic mass is 9.79. The molecule has 7 nitrogen and oxygen atoms in total. The molecule has 0 aliphatic rings. The number of rotatable bonds is 4. The Labute approximate surface area is 363 Å². The Bertz CT molecular complexity index is 1890. The molecule has 4 aromatic heterocycles. The van der Waals surface area contributed by atoms with Gasteiger partial charge in [-0.25, -0.2) is 19.9 Å². The molecule has 0 spiro atoms. The third-order valence-electron chi connectivity index (χ3n) is 6.37. The molecule has 0 radical (unpaired) electrons. The van der Waals surface area contributed by atoms with Crippen LogP contribution in [0.3, 0.4) is 0 Å². The first-order valence-electron chi connectivity index (χ1n) is 15.2. The number of aryl methyl sites for hydroxylation is 2. The van der Waals surface area contributed by atoms with Crippen LogP contribution in [0.25, 0.3) is 11.1 Å². The topological polar surface area (TPSA) is 118 Å². The van der Waals surface area contributed by atoms with Gasteiger partial charge in [0.05, 0.1) is 13.6 Å². The van der Waals surface area contributed by atoms with Crippen LogP contribution in [0.4, 0.5) is 5.82 Å². The van der Waals surface area contributed by atoms with Crippen LogP contribution in [0.5, 0.6) is 0 Å². The second-order valence-electron chi connectivity index (χ2n) is 10.1. The Morgan fingerprint density at radius 3 is 1.65 bits per heavy atom. The van der Waals surface area contributed by atoms with Crippen LogP contribution < -0.4 is 11.2 Å². The average Bonchev–Trinajstić information content (AvgIpc) is 3.11. The number of benzene rings is 2. The van der Waals surface area contributed by atoms with E-state index in [-0.39, 0.29) is 0 Å². The molecular weight excluding hydrogens is 1050 g/mol. The number of halogens is 8. The number of hydrogen-bond donors (Lipinski definition) is 3. The highest BCUT2D eigenvalue weighted by atomic mass is 127. The van der Waals surface area contributed by atoms with Crippen LogP contribution >= 0.6 is 117 Å². The highest BCUT2D eigenvalue weighted by molar-refractivity contribution is 14.1. The normalized spacial score (nSPS) is 9.77. The van der Waals surface area contributed by atoms with Gasteiger partial charge in [-0.1, -0.05) is 109 Å². The summed E-state index contributed by atoms with van der Waals surface area (Å²) < 4.78 is 3.31. The highest BCUT2D eigenvalue weighted by Crippen LogP contribution is 2.33. The van der Waals surface area contributed by atoms with Crippen LogP contribution in [-0.2, 0) is 12.8 Å². The predicted octanol–water partition coefficient (Wildman–Crippen LogP) is 11.6. The molecule has 16 heteroatoms. The quantitative estimate of drug-likeness (QED) is 0.0914. The zero-order valence-corrected chi connectivity index (χ0v) is 37.6. The third-order valence-corrected chi connectivity index (χ3v) is 11.3. The van der Waals surface area contributed by atoms with Gasteiger partial charge in [0.25, 0.3) is 0 Å². The molecule has 6 rings (SSSR count). The number of pyridine rings is 4. The fourth-order valence-corrected chi connectivity index (χ4v) is 6.45. The number of nitrogens with two attached hydrogens (primary N) is 1. The molecule has 52 heavy (non-hydrogen) atoms. The van der Waals surface area contributed by atoms with Crippen molar-refractivity contribution in [3.8, 4) is 11.1 Å². The number of hydrogen-bond acceptors (Lipinski definition) is 7. The van der Waals surface area contributed by atoms with Crippen LogP contribution in [0.1, 0.15) is 25.0 Å². The first-order chi connectivity index (χ1) is 24.7. The summed E-state index contributed by atoms with van der Waals surface area (Å²) in [6.45, 7) is 4.17. The summed E-state index contributed by atoms with van der Waals surface area (Å²) in [7, 11) is -1.35. The number of anilines is 1. The van der Waals surface area contributed by atoms with Gasteiger partial charge in [-0.15, -0.1) is 0 Å². The van der Waals surface area contributed by atoms with Crippen molar-refractivity contribution < 1.29 is 10.0 Å². The molecule has 0 atom stereocenters. The van der Waals surface area contributed by atoms with Crippen molar-refractivity contribution in [2.45, 2.75) is 26.7 Å². The van der Waals surface area contributed by atoms with Crippen molar-refractivity contribution in [3.63, 3.8) is 0 Å². The average molecular weight is 1090 g/mol. The monoisotopic (exact) mass is 1080 g/mol. The van der Waals surface area contributed by atoms with Gasteiger partial charge in [0.1, 0.15) is 19.6 Å². The van der Waals surface area contributed by atoms with Gasteiger partial charge in [-0.2, -0.15) is 0 Å². The molecule has 6 aromatic rings. The van der Waals surface area contributed by atoms with Gasteiger partial charge in [-0.05, 0) is 142 Å². The molecule has 4 N–H and O–H groups in total. The van der Waals surface area contributed by atoms with Gasteiger partial charge >= 0.3 is 7.12 Å². The van der Waals surface area contributed by atoms with E-state index in [0.29, 0.717) is 21.3 Å². The summed E-state index contributed by atoms with van der Waals surface area (Å²) in [4.78, 5) is 15.8. The molecule has 0 aliphatic heterocycles. The molecule has 2 aromatic carbocycles. The van der Waals surface area contributed by atoms with Gasteiger partial charge in [0.15, 0.2) is 0 Å². The van der Waals surface area contributed by atoms with E-state index in [1.165, 1.54) is 5.56 Å². The Hall–Kier alpha value is -1.85. The minimum atomic E-state index is -1.35. The lowest BCUT2D eigenvalue weighted by Gasteiger charge is -2.07. The largest absolute Gasteiger partial charge is 0.488 e.